The predicted octanol–water partition coefficient (Wildman–Crippen LogP) is 2.86. The first-order valence-corrected chi connectivity index (χ1v) is 9.40. The van der Waals surface area contributed by atoms with Crippen LogP contribution in [0.4, 0.5) is 5.69 Å². The van der Waals surface area contributed by atoms with Gasteiger partial charge < -0.3 is 10.5 Å². The fourth-order valence-electron chi connectivity index (χ4n) is 2.72. The highest BCUT2D eigenvalue weighted by molar-refractivity contribution is 5.97. The maximum atomic E-state index is 12.2. The molecule has 0 aliphatic carbocycles. The number of aromatic nitrogens is 1. The smallest absolute Gasteiger partial charge is 0.311 e. The Labute approximate surface area is 178 Å². The fourth-order valence-corrected chi connectivity index (χ4v) is 2.72. The van der Waals surface area contributed by atoms with Crippen LogP contribution in [-0.2, 0) is 17.8 Å². The molecule has 0 saturated heterocycles. The SMILES string of the molecule is Cc1ccc(COc2ccc(CC(=O)N/N=C(\N)c3ccncc3)cc2[N+](=O)[O-])cc1. The highest BCUT2D eigenvalue weighted by Crippen LogP contribution is 2.29. The molecule has 0 aliphatic heterocycles. The van der Waals surface area contributed by atoms with Gasteiger partial charge in [-0.25, -0.2) is 5.43 Å². The summed E-state index contributed by atoms with van der Waals surface area (Å²) >= 11 is 0. The summed E-state index contributed by atoms with van der Waals surface area (Å²) in [5.41, 5.74) is 11.0. The van der Waals surface area contributed by atoms with Crippen molar-refractivity contribution in [1.82, 2.24) is 10.4 Å². The standard InChI is InChI=1S/C22H21N5O4/c1-15-2-4-16(5-3-15)14-31-20-7-6-17(12-19(20)27(29)30)13-21(28)25-26-22(23)18-8-10-24-11-9-18/h2-12H,13-14H2,1H3,(H2,23,26)(H,25,28). The molecule has 9 nitrogen and oxygen atoms in total. The lowest BCUT2D eigenvalue weighted by atomic mass is 10.1. The molecule has 3 aromatic rings. The summed E-state index contributed by atoms with van der Waals surface area (Å²) in [6, 6.07) is 15.4. The topological polar surface area (TPSA) is 133 Å². The number of hydrogen-bond acceptors (Lipinski definition) is 6. The molecule has 0 bridgehead atoms. The predicted molar refractivity (Wildman–Crippen MR) is 115 cm³/mol. The van der Waals surface area contributed by atoms with Crippen molar-refractivity contribution in [3.63, 3.8) is 0 Å². The highest BCUT2D eigenvalue weighted by Gasteiger charge is 2.17. The number of carbonyl (C=O) groups excluding carboxylic acids is 1. The molecule has 31 heavy (non-hydrogen) atoms. The summed E-state index contributed by atoms with van der Waals surface area (Å²) in [7, 11) is 0. The van der Waals surface area contributed by atoms with Crippen molar-refractivity contribution in [1.29, 1.82) is 0 Å². The van der Waals surface area contributed by atoms with Gasteiger partial charge in [0.25, 0.3) is 0 Å². The molecule has 9 heteroatoms. The Morgan fingerprint density at radius 2 is 1.81 bits per heavy atom. The molecule has 0 radical (unpaired) electrons. The highest BCUT2D eigenvalue weighted by atomic mass is 16.6. The molecule has 1 aromatic heterocycles. The van der Waals surface area contributed by atoms with Crippen molar-refractivity contribution in [2.75, 3.05) is 0 Å². The molecule has 0 saturated carbocycles. The third kappa shape index (κ3) is 6.10. The van der Waals surface area contributed by atoms with Crippen molar-refractivity contribution in [3.8, 4) is 5.75 Å². The number of aryl methyl sites for hydroxylation is 1. The van der Waals surface area contributed by atoms with Crippen LogP contribution < -0.4 is 15.9 Å². The van der Waals surface area contributed by atoms with Crippen LogP contribution in [0.25, 0.3) is 0 Å². The number of nitrogens with two attached hydrogens (primary N) is 1. The number of amides is 1. The number of carbonyl (C=O) groups is 1. The van der Waals surface area contributed by atoms with Gasteiger partial charge in [0.2, 0.25) is 5.91 Å². The zero-order chi connectivity index (χ0) is 22.2. The number of hydrazone groups is 1. The monoisotopic (exact) mass is 419 g/mol. The largest absolute Gasteiger partial charge is 0.482 e. The first-order chi connectivity index (χ1) is 14.9. The molecular formula is C22H21N5O4. The van der Waals surface area contributed by atoms with Crippen LogP contribution in [0.5, 0.6) is 5.75 Å². The number of nitrogens with one attached hydrogen (secondary N) is 1. The van der Waals surface area contributed by atoms with Crippen molar-refractivity contribution in [3.05, 3.63) is 99.4 Å². The van der Waals surface area contributed by atoms with E-state index in [9.17, 15) is 14.9 Å². The number of amidine groups is 1. The fraction of sp³-hybridized carbons (Fsp3) is 0.136. The molecule has 3 rings (SSSR count). The van der Waals surface area contributed by atoms with E-state index in [-0.39, 0.29) is 30.3 Å². The van der Waals surface area contributed by atoms with Gasteiger partial charge in [0, 0.05) is 24.0 Å². The van der Waals surface area contributed by atoms with E-state index in [2.05, 4.69) is 15.5 Å². The maximum Gasteiger partial charge on any atom is 0.311 e. The maximum absolute atomic E-state index is 12.2. The number of rotatable bonds is 8. The van der Waals surface area contributed by atoms with Gasteiger partial charge in [-0.05, 0) is 36.2 Å². The first kappa shape index (κ1) is 21.4. The van der Waals surface area contributed by atoms with E-state index >= 15 is 0 Å². The van der Waals surface area contributed by atoms with E-state index < -0.39 is 10.8 Å². The lowest BCUT2D eigenvalue weighted by Crippen LogP contribution is -2.25. The van der Waals surface area contributed by atoms with Crippen LogP contribution >= 0.6 is 0 Å². The van der Waals surface area contributed by atoms with Crippen LogP contribution in [0.3, 0.4) is 0 Å². The molecule has 1 heterocycles. The Kier molecular flexibility index (Phi) is 6.89. The van der Waals surface area contributed by atoms with Gasteiger partial charge in [-0.1, -0.05) is 35.9 Å². The lowest BCUT2D eigenvalue weighted by Gasteiger charge is -2.09. The summed E-state index contributed by atoms with van der Waals surface area (Å²) in [5.74, 6) is -0.198. The molecule has 1 amide bonds. The minimum atomic E-state index is -0.536. The van der Waals surface area contributed by atoms with Crippen LogP contribution in [0, 0.1) is 17.0 Å². The number of ether oxygens (including phenoxy) is 1. The Hall–Kier alpha value is -4.27. The van der Waals surface area contributed by atoms with E-state index in [1.54, 1.807) is 30.6 Å². The summed E-state index contributed by atoms with van der Waals surface area (Å²) < 4.78 is 5.63. The van der Waals surface area contributed by atoms with Gasteiger partial charge in [0.1, 0.15) is 6.61 Å². The summed E-state index contributed by atoms with van der Waals surface area (Å²) in [4.78, 5) is 27.0. The molecule has 0 fully saturated rings. The zero-order valence-electron chi connectivity index (χ0n) is 16.8. The molecule has 0 atom stereocenters. The van der Waals surface area contributed by atoms with Crippen LogP contribution in [0.1, 0.15) is 22.3 Å². The molecule has 0 spiro atoms. The van der Waals surface area contributed by atoms with Crippen molar-refractivity contribution < 1.29 is 14.5 Å². The molecule has 0 aliphatic rings. The van der Waals surface area contributed by atoms with E-state index in [1.807, 2.05) is 31.2 Å². The number of nitro groups is 1. The second-order valence-corrected chi connectivity index (χ2v) is 6.78. The Morgan fingerprint density at radius 3 is 2.48 bits per heavy atom. The average molecular weight is 419 g/mol. The van der Waals surface area contributed by atoms with Gasteiger partial charge in [-0.15, -0.1) is 0 Å². The second kappa shape index (κ2) is 9.97. The minimum Gasteiger partial charge on any atom is -0.482 e. The normalized spacial score (nSPS) is 11.1. The number of benzene rings is 2. The summed E-state index contributed by atoms with van der Waals surface area (Å²) in [5, 5.41) is 15.3. The van der Waals surface area contributed by atoms with Crippen molar-refractivity contribution in [2.45, 2.75) is 20.0 Å². The quantitative estimate of drug-likeness (QED) is 0.250. The lowest BCUT2D eigenvalue weighted by molar-refractivity contribution is -0.386. The van der Waals surface area contributed by atoms with Crippen molar-refractivity contribution >= 4 is 17.4 Å². The second-order valence-electron chi connectivity index (χ2n) is 6.78. The van der Waals surface area contributed by atoms with Crippen LogP contribution in [-0.4, -0.2) is 21.7 Å². The zero-order valence-corrected chi connectivity index (χ0v) is 16.8. The van der Waals surface area contributed by atoms with Crippen LogP contribution in [0.15, 0.2) is 72.1 Å². The Balaban J connectivity index is 1.65. The van der Waals surface area contributed by atoms with E-state index in [4.69, 9.17) is 10.5 Å². The first-order valence-electron chi connectivity index (χ1n) is 9.40. The van der Waals surface area contributed by atoms with Gasteiger partial charge in [0.15, 0.2) is 11.6 Å². The number of nitrogens with zero attached hydrogens (tertiary/aromatic N) is 3. The average Bonchev–Trinajstić information content (AvgIpc) is 2.78. The minimum absolute atomic E-state index is 0.105. The number of pyridine rings is 1. The Morgan fingerprint density at radius 1 is 1.13 bits per heavy atom. The van der Waals surface area contributed by atoms with Crippen LogP contribution in [0.2, 0.25) is 0 Å². The summed E-state index contributed by atoms with van der Waals surface area (Å²) in [6.45, 7) is 2.17. The summed E-state index contributed by atoms with van der Waals surface area (Å²) in [6.07, 6.45) is 3.01. The third-order valence-electron chi connectivity index (χ3n) is 4.38. The van der Waals surface area contributed by atoms with Crippen molar-refractivity contribution in [2.24, 2.45) is 10.8 Å². The number of hydrogen-bond donors (Lipinski definition) is 2. The van der Waals surface area contributed by atoms with E-state index in [0.29, 0.717) is 11.1 Å². The van der Waals surface area contributed by atoms with E-state index in [0.717, 1.165) is 11.1 Å². The molecule has 158 valence electrons. The van der Waals surface area contributed by atoms with Gasteiger partial charge in [0.05, 0.1) is 11.3 Å². The van der Waals surface area contributed by atoms with Gasteiger partial charge in [-0.3, -0.25) is 19.9 Å². The van der Waals surface area contributed by atoms with E-state index in [1.165, 1.54) is 12.1 Å². The molecule has 3 N–H and O–H groups in total. The Bertz CT molecular complexity index is 1100. The van der Waals surface area contributed by atoms with Gasteiger partial charge >= 0.3 is 5.69 Å². The third-order valence-corrected chi connectivity index (χ3v) is 4.38. The molecule has 0 unspecified atom stereocenters. The molecular weight excluding hydrogens is 398 g/mol. The molecule has 2 aromatic carbocycles. The number of nitro benzene ring substituents is 1. The van der Waals surface area contributed by atoms with Gasteiger partial charge in [-0.2, -0.15) is 5.10 Å².